The second kappa shape index (κ2) is 11.5. The van der Waals surface area contributed by atoms with Crippen molar-refractivity contribution in [3.05, 3.63) is 59.4 Å². The first-order valence-electron chi connectivity index (χ1n) is 12.6. The molecule has 2 aromatic rings. The SMILES string of the molecule is CCC(C)N(Cc1cccn1Cc1ccccc1C)C(=O)CN(CCC(C)C)C(=O)C1CC1. The number of hydrogen-bond donors (Lipinski definition) is 0. The van der Waals surface area contributed by atoms with Crippen LogP contribution in [0.5, 0.6) is 0 Å². The molecule has 1 aromatic heterocycles. The predicted octanol–water partition coefficient (Wildman–Crippen LogP) is 5.26. The summed E-state index contributed by atoms with van der Waals surface area (Å²) >= 11 is 0. The van der Waals surface area contributed by atoms with E-state index in [4.69, 9.17) is 0 Å². The minimum atomic E-state index is 0.0470. The van der Waals surface area contributed by atoms with Gasteiger partial charge in [0.1, 0.15) is 0 Å². The highest BCUT2D eigenvalue weighted by molar-refractivity contribution is 5.87. The van der Waals surface area contributed by atoms with E-state index in [9.17, 15) is 9.59 Å². The molecule has 0 N–H and O–H groups in total. The van der Waals surface area contributed by atoms with Crippen molar-refractivity contribution in [2.75, 3.05) is 13.1 Å². The van der Waals surface area contributed by atoms with Crippen LogP contribution in [-0.4, -0.2) is 45.3 Å². The summed E-state index contributed by atoms with van der Waals surface area (Å²) in [5.41, 5.74) is 3.67. The lowest BCUT2D eigenvalue weighted by Gasteiger charge is -2.32. The smallest absolute Gasteiger partial charge is 0.242 e. The first kappa shape index (κ1) is 25.1. The summed E-state index contributed by atoms with van der Waals surface area (Å²) in [6, 6.07) is 12.7. The van der Waals surface area contributed by atoms with E-state index in [-0.39, 0.29) is 30.3 Å². The molecule has 1 aromatic carbocycles. The molecule has 1 atom stereocenters. The maximum absolute atomic E-state index is 13.5. The fourth-order valence-electron chi connectivity index (χ4n) is 4.13. The number of aromatic nitrogens is 1. The lowest BCUT2D eigenvalue weighted by Crippen LogP contribution is -2.46. The van der Waals surface area contributed by atoms with E-state index in [1.54, 1.807) is 0 Å². The lowest BCUT2D eigenvalue weighted by molar-refractivity contribution is -0.143. The van der Waals surface area contributed by atoms with Crippen molar-refractivity contribution in [2.24, 2.45) is 11.8 Å². The Morgan fingerprint density at radius 2 is 1.82 bits per heavy atom. The third-order valence-electron chi connectivity index (χ3n) is 6.84. The van der Waals surface area contributed by atoms with Crippen molar-refractivity contribution in [3.8, 4) is 0 Å². The van der Waals surface area contributed by atoms with Crippen LogP contribution in [0.3, 0.4) is 0 Å². The first-order chi connectivity index (χ1) is 15.8. The number of carbonyl (C=O) groups is 2. The third-order valence-corrected chi connectivity index (χ3v) is 6.84. The Morgan fingerprint density at radius 1 is 1.09 bits per heavy atom. The zero-order valence-electron chi connectivity index (χ0n) is 21.1. The number of rotatable bonds is 12. The van der Waals surface area contributed by atoms with E-state index < -0.39 is 0 Å². The van der Waals surface area contributed by atoms with Gasteiger partial charge in [-0.15, -0.1) is 0 Å². The monoisotopic (exact) mass is 451 g/mol. The highest BCUT2D eigenvalue weighted by Crippen LogP contribution is 2.31. The van der Waals surface area contributed by atoms with Crippen LogP contribution in [0, 0.1) is 18.8 Å². The molecule has 0 radical (unpaired) electrons. The highest BCUT2D eigenvalue weighted by Gasteiger charge is 2.35. The number of aryl methyl sites for hydroxylation is 1. The Balaban J connectivity index is 1.74. The van der Waals surface area contributed by atoms with E-state index in [1.165, 1.54) is 11.1 Å². The highest BCUT2D eigenvalue weighted by atomic mass is 16.2. The van der Waals surface area contributed by atoms with Crippen molar-refractivity contribution in [1.29, 1.82) is 0 Å². The number of amides is 2. The quantitative estimate of drug-likeness (QED) is 0.442. The molecule has 5 heteroatoms. The fraction of sp³-hybridized carbons (Fsp3) is 0.571. The van der Waals surface area contributed by atoms with E-state index >= 15 is 0 Å². The molecule has 0 aliphatic heterocycles. The Hall–Kier alpha value is -2.56. The van der Waals surface area contributed by atoms with E-state index in [2.05, 4.69) is 81.8 Å². The fourth-order valence-corrected chi connectivity index (χ4v) is 4.13. The number of hydrogen-bond acceptors (Lipinski definition) is 2. The zero-order chi connectivity index (χ0) is 24.0. The lowest BCUT2D eigenvalue weighted by atomic mass is 10.1. The molecule has 1 unspecified atom stereocenters. The normalized spacial score (nSPS) is 14.4. The third kappa shape index (κ3) is 6.96. The summed E-state index contributed by atoms with van der Waals surface area (Å²) in [6.45, 7) is 12.9. The van der Waals surface area contributed by atoms with Gasteiger partial charge < -0.3 is 14.4 Å². The van der Waals surface area contributed by atoms with E-state index in [0.717, 1.165) is 37.9 Å². The van der Waals surface area contributed by atoms with Gasteiger partial charge in [0.15, 0.2) is 0 Å². The molecule has 180 valence electrons. The number of nitrogens with zero attached hydrogens (tertiary/aromatic N) is 3. The van der Waals surface area contributed by atoms with Crippen molar-refractivity contribution in [1.82, 2.24) is 14.4 Å². The first-order valence-corrected chi connectivity index (χ1v) is 12.6. The molecule has 33 heavy (non-hydrogen) atoms. The molecule has 1 saturated carbocycles. The van der Waals surface area contributed by atoms with Gasteiger partial charge in [0.2, 0.25) is 11.8 Å². The molecule has 1 aliphatic rings. The van der Waals surface area contributed by atoms with Crippen LogP contribution in [0.2, 0.25) is 0 Å². The molecule has 0 bridgehead atoms. The maximum atomic E-state index is 13.5. The number of carbonyl (C=O) groups excluding carboxylic acids is 2. The Kier molecular flexibility index (Phi) is 8.76. The van der Waals surface area contributed by atoms with Crippen molar-refractivity contribution < 1.29 is 9.59 Å². The van der Waals surface area contributed by atoms with Crippen LogP contribution in [0.4, 0.5) is 0 Å². The topological polar surface area (TPSA) is 45.6 Å². The maximum Gasteiger partial charge on any atom is 0.242 e. The molecule has 3 rings (SSSR count). The summed E-state index contributed by atoms with van der Waals surface area (Å²) in [5, 5.41) is 0. The Morgan fingerprint density at radius 3 is 2.45 bits per heavy atom. The van der Waals surface area contributed by atoms with Gasteiger partial charge in [-0.1, -0.05) is 45.0 Å². The van der Waals surface area contributed by atoms with Gasteiger partial charge >= 0.3 is 0 Å². The van der Waals surface area contributed by atoms with Crippen LogP contribution in [0.25, 0.3) is 0 Å². The molecule has 1 fully saturated rings. The van der Waals surface area contributed by atoms with Gasteiger partial charge in [0.05, 0.1) is 13.1 Å². The molecule has 0 spiro atoms. The van der Waals surface area contributed by atoms with E-state index in [1.807, 2.05) is 9.80 Å². The van der Waals surface area contributed by atoms with E-state index in [0.29, 0.717) is 19.0 Å². The van der Waals surface area contributed by atoms with Gasteiger partial charge in [-0.2, -0.15) is 0 Å². The average molecular weight is 452 g/mol. The molecule has 5 nitrogen and oxygen atoms in total. The molecule has 0 saturated heterocycles. The average Bonchev–Trinajstić information content (AvgIpc) is 3.55. The molecular weight excluding hydrogens is 410 g/mol. The van der Waals surface area contributed by atoms with Crippen LogP contribution < -0.4 is 0 Å². The molecule has 1 aliphatic carbocycles. The van der Waals surface area contributed by atoms with Crippen molar-refractivity contribution in [3.63, 3.8) is 0 Å². The Labute approximate surface area is 199 Å². The van der Waals surface area contributed by atoms with Crippen LogP contribution in [0.15, 0.2) is 42.6 Å². The zero-order valence-corrected chi connectivity index (χ0v) is 21.1. The second-order valence-electron chi connectivity index (χ2n) is 10.0. The summed E-state index contributed by atoms with van der Waals surface area (Å²) in [7, 11) is 0. The van der Waals surface area contributed by atoms with Gasteiger partial charge in [-0.25, -0.2) is 0 Å². The van der Waals surface area contributed by atoms with Crippen molar-refractivity contribution in [2.45, 2.75) is 79.4 Å². The predicted molar refractivity (Wildman–Crippen MR) is 134 cm³/mol. The van der Waals surface area contributed by atoms with Crippen LogP contribution in [-0.2, 0) is 22.7 Å². The molecule has 2 amide bonds. The Bertz CT molecular complexity index is 929. The minimum absolute atomic E-state index is 0.0470. The van der Waals surface area contributed by atoms with Gasteiger partial charge in [-0.3, -0.25) is 9.59 Å². The summed E-state index contributed by atoms with van der Waals surface area (Å²) in [4.78, 5) is 30.2. The standard InChI is InChI=1S/C28H41N3O2/c1-6-23(5)31(27(32)20-30(17-15-21(2)3)28(33)24-13-14-24)19-26-12-9-16-29(26)18-25-11-8-7-10-22(25)4/h7-12,16,21,23-24H,6,13-15,17-20H2,1-5H3. The van der Waals surface area contributed by atoms with Gasteiger partial charge in [0, 0.05) is 36.9 Å². The minimum Gasteiger partial charge on any atom is -0.345 e. The molecular formula is C28H41N3O2. The summed E-state index contributed by atoms with van der Waals surface area (Å²) in [6.07, 6.45) is 5.83. The van der Waals surface area contributed by atoms with Crippen molar-refractivity contribution >= 4 is 11.8 Å². The summed E-state index contributed by atoms with van der Waals surface area (Å²) < 4.78 is 2.23. The molecule has 1 heterocycles. The van der Waals surface area contributed by atoms with Crippen LogP contribution in [0.1, 0.15) is 70.2 Å². The largest absolute Gasteiger partial charge is 0.345 e. The van der Waals surface area contributed by atoms with Gasteiger partial charge in [0.25, 0.3) is 0 Å². The number of benzene rings is 1. The second-order valence-corrected chi connectivity index (χ2v) is 10.0. The summed E-state index contributed by atoms with van der Waals surface area (Å²) in [5.74, 6) is 0.847. The van der Waals surface area contributed by atoms with Crippen LogP contribution >= 0.6 is 0 Å². The van der Waals surface area contributed by atoms with Gasteiger partial charge in [-0.05, 0) is 68.7 Å².